The number of aryl methyl sites for hydroxylation is 1. The Morgan fingerprint density at radius 2 is 2.24 bits per heavy atom. The van der Waals surface area contributed by atoms with Gasteiger partial charge in [0.1, 0.15) is 12.2 Å². The van der Waals surface area contributed by atoms with Crippen molar-refractivity contribution < 1.29 is 0 Å². The molecule has 0 bridgehead atoms. The molecular weight excluding hydrogens is 278 g/mol. The van der Waals surface area contributed by atoms with Crippen molar-refractivity contribution in [3.05, 3.63) is 12.2 Å². The fraction of sp³-hybridized carbons (Fsp3) is 0.846. The molecule has 0 radical (unpaired) electrons. The van der Waals surface area contributed by atoms with Crippen LogP contribution in [0.15, 0.2) is 6.33 Å². The number of hydrogen-bond donors (Lipinski definition) is 0. The molecule has 0 N–H and O–H groups in total. The predicted molar refractivity (Wildman–Crippen MR) is 73.3 cm³/mol. The number of alkyl halides is 1. The average molecular weight is 300 g/mol. The van der Waals surface area contributed by atoms with Crippen LogP contribution >= 0.6 is 15.9 Å². The van der Waals surface area contributed by atoms with Crippen molar-refractivity contribution in [3.63, 3.8) is 0 Å². The van der Waals surface area contributed by atoms with Gasteiger partial charge in [0.25, 0.3) is 0 Å². The van der Waals surface area contributed by atoms with E-state index in [2.05, 4.69) is 37.6 Å². The van der Waals surface area contributed by atoms with Gasteiger partial charge < -0.3 is 0 Å². The maximum Gasteiger partial charge on any atom is 0.138 e. The zero-order valence-corrected chi connectivity index (χ0v) is 12.2. The van der Waals surface area contributed by atoms with E-state index in [1.54, 1.807) is 6.33 Å². The zero-order valence-electron chi connectivity index (χ0n) is 10.6. The van der Waals surface area contributed by atoms with Crippen LogP contribution in [0.2, 0.25) is 0 Å². The average Bonchev–Trinajstić information content (AvgIpc) is 2.97. The highest BCUT2D eigenvalue weighted by Crippen LogP contribution is 2.33. The van der Waals surface area contributed by atoms with E-state index in [9.17, 15) is 0 Å². The Morgan fingerprint density at radius 1 is 1.47 bits per heavy atom. The molecular formula is C13H22BrN3. The van der Waals surface area contributed by atoms with Crippen LogP contribution in [0.3, 0.4) is 0 Å². The van der Waals surface area contributed by atoms with Crippen LogP contribution in [0.4, 0.5) is 0 Å². The number of halogens is 1. The van der Waals surface area contributed by atoms with Gasteiger partial charge in [-0.15, -0.1) is 0 Å². The van der Waals surface area contributed by atoms with Gasteiger partial charge in [-0.05, 0) is 18.3 Å². The second-order valence-electron chi connectivity index (χ2n) is 5.06. The number of rotatable bonds is 6. The molecule has 1 aliphatic rings. The summed E-state index contributed by atoms with van der Waals surface area (Å²) in [4.78, 5) is 4.42. The van der Waals surface area contributed by atoms with Crippen LogP contribution in [0, 0.1) is 11.8 Å². The smallest absolute Gasteiger partial charge is 0.138 e. The predicted octanol–water partition coefficient (Wildman–Crippen LogP) is 3.43. The molecule has 1 fully saturated rings. The van der Waals surface area contributed by atoms with Crippen molar-refractivity contribution in [2.24, 2.45) is 11.8 Å². The Kier molecular flexibility index (Phi) is 5.01. The van der Waals surface area contributed by atoms with Crippen molar-refractivity contribution in [2.75, 3.05) is 5.33 Å². The van der Waals surface area contributed by atoms with E-state index in [1.807, 2.05) is 0 Å². The lowest BCUT2D eigenvalue weighted by Gasteiger charge is -2.20. The van der Waals surface area contributed by atoms with Crippen molar-refractivity contribution >= 4 is 15.9 Å². The lowest BCUT2D eigenvalue weighted by atomic mass is 9.89. The minimum atomic E-state index is 0.734. The van der Waals surface area contributed by atoms with Crippen LogP contribution in [0.25, 0.3) is 0 Å². The fourth-order valence-electron chi connectivity index (χ4n) is 2.86. The van der Waals surface area contributed by atoms with Crippen molar-refractivity contribution in [3.8, 4) is 0 Å². The third kappa shape index (κ3) is 3.30. The molecule has 1 unspecified atom stereocenters. The zero-order chi connectivity index (χ0) is 12.1. The molecule has 1 aromatic heterocycles. The van der Waals surface area contributed by atoms with E-state index in [0.717, 1.165) is 36.6 Å². The first kappa shape index (κ1) is 13.1. The quantitative estimate of drug-likeness (QED) is 0.754. The van der Waals surface area contributed by atoms with Gasteiger partial charge in [0.2, 0.25) is 0 Å². The van der Waals surface area contributed by atoms with Gasteiger partial charge in [-0.2, -0.15) is 5.10 Å². The van der Waals surface area contributed by atoms with Crippen LogP contribution < -0.4 is 0 Å². The standard InChI is InChI=1S/C13H22BrN3/c1-2-7-17-13(15-10-16-17)8-12(9-14)11-5-3-4-6-11/h10-12H,2-9H2,1H3. The molecule has 0 saturated heterocycles. The molecule has 0 aromatic carbocycles. The van der Waals surface area contributed by atoms with Crippen molar-refractivity contribution in [2.45, 2.75) is 52.0 Å². The summed E-state index contributed by atoms with van der Waals surface area (Å²) < 4.78 is 2.07. The molecule has 96 valence electrons. The second kappa shape index (κ2) is 6.53. The third-order valence-corrected chi connectivity index (χ3v) is 4.67. The monoisotopic (exact) mass is 299 g/mol. The van der Waals surface area contributed by atoms with Gasteiger partial charge in [-0.3, -0.25) is 4.68 Å². The van der Waals surface area contributed by atoms with Crippen molar-refractivity contribution in [1.82, 2.24) is 14.8 Å². The molecule has 1 aromatic rings. The molecule has 1 saturated carbocycles. The molecule has 4 heteroatoms. The van der Waals surface area contributed by atoms with Crippen molar-refractivity contribution in [1.29, 1.82) is 0 Å². The summed E-state index contributed by atoms with van der Waals surface area (Å²) in [5.74, 6) is 2.79. The number of hydrogen-bond acceptors (Lipinski definition) is 2. The first-order valence-corrected chi connectivity index (χ1v) is 7.90. The summed E-state index contributed by atoms with van der Waals surface area (Å²) in [5, 5.41) is 5.40. The first-order valence-electron chi connectivity index (χ1n) is 6.77. The Bertz CT molecular complexity index is 331. The lowest BCUT2D eigenvalue weighted by molar-refractivity contribution is 0.360. The van der Waals surface area contributed by atoms with E-state index in [0.29, 0.717) is 0 Å². The Hall–Kier alpha value is -0.380. The van der Waals surface area contributed by atoms with Crippen LogP contribution in [-0.4, -0.2) is 20.1 Å². The summed E-state index contributed by atoms with van der Waals surface area (Å²) in [6.45, 7) is 3.18. The third-order valence-electron chi connectivity index (χ3n) is 3.84. The van der Waals surface area contributed by atoms with Gasteiger partial charge >= 0.3 is 0 Å². The number of nitrogens with zero attached hydrogens (tertiary/aromatic N) is 3. The maximum atomic E-state index is 4.42. The van der Waals surface area contributed by atoms with E-state index < -0.39 is 0 Å². The highest BCUT2D eigenvalue weighted by Gasteiger charge is 2.25. The molecule has 2 rings (SSSR count). The maximum absolute atomic E-state index is 4.42. The largest absolute Gasteiger partial charge is 0.250 e. The van der Waals surface area contributed by atoms with E-state index in [-0.39, 0.29) is 0 Å². The van der Waals surface area contributed by atoms with Gasteiger partial charge in [-0.1, -0.05) is 48.5 Å². The van der Waals surface area contributed by atoms with E-state index in [4.69, 9.17) is 0 Å². The van der Waals surface area contributed by atoms with Crippen LogP contribution in [0.5, 0.6) is 0 Å². The molecule has 0 spiro atoms. The Morgan fingerprint density at radius 3 is 2.88 bits per heavy atom. The normalized spacial score (nSPS) is 18.7. The van der Waals surface area contributed by atoms with E-state index in [1.165, 1.54) is 31.5 Å². The highest BCUT2D eigenvalue weighted by molar-refractivity contribution is 9.09. The first-order chi connectivity index (χ1) is 8.35. The lowest BCUT2D eigenvalue weighted by Crippen LogP contribution is -2.19. The van der Waals surface area contributed by atoms with Gasteiger partial charge in [-0.25, -0.2) is 4.98 Å². The van der Waals surface area contributed by atoms with E-state index >= 15 is 0 Å². The SMILES string of the molecule is CCCn1ncnc1CC(CBr)C1CCCC1. The Labute approximate surface area is 112 Å². The van der Waals surface area contributed by atoms with Gasteiger partial charge in [0, 0.05) is 18.3 Å². The van der Waals surface area contributed by atoms with Crippen LogP contribution in [-0.2, 0) is 13.0 Å². The van der Waals surface area contributed by atoms with Crippen LogP contribution in [0.1, 0.15) is 44.9 Å². The highest BCUT2D eigenvalue weighted by atomic mass is 79.9. The second-order valence-corrected chi connectivity index (χ2v) is 5.71. The summed E-state index contributed by atoms with van der Waals surface area (Å²) in [6, 6.07) is 0. The molecule has 0 amide bonds. The summed E-state index contributed by atoms with van der Waals surface area (Å²) >= 11 is 3.68. The van der Waals surface area contributed by atoms with Gasteiger partial charge in [0.15, 0.2) is 0 Å². The molecule has 17 heavy (non-hydrogen) atoms. The molecule has 0 aliphatic heterocycles. The molecule has 3 nitrogen and oxygen atoms in total. The summed E-state index contributed by atoms with van der Waals surface area (Å²) in [5.41, 5.74) is 0. The Balaban J connectivity index is 1.99. The molecule has 1 aliphatic carbocycles. The molecule has 1 heterocycles. The topological polar surface area (TPSA) is 30.7 Å². The minimum absolute atomic E-state index is 0.734. The number of aromatic nitrogens is 3. The van der Waals surface area contributed by atoms with Gasteiger partial charge in [0.05, 0.1) is 0 Å². The summed E-state index contributed by atoms with van der Waals surface area (Å²) in [7, 11) is 0. The molecule has 1 atom stereocenters. The fourth-order valence-corrected chi connectivity index (χ4v) is 3.61. The summed E-state index contributed by atoms with van der Waals surface area (Å²) in [6.07, 6.45) is 9.53. The minimum Gasteiger partial charge on any atom is -0.250 e.